The number of esters is 1. The van der Waals surface area contributed by atoms with E-state index in [1.165, 1.54) is 0 Å². The summed E-state index contributed by atoms with van der Waals surface area (Å²) >= 11 is 3.48. The molecule has 0 saturated carbocycles. The monoisotopic (exact) mass is 417 g/mol. The third-order valence-electron chi connectivity index (χ3n) is 4.02. The quantitative estimate of drug-likeness (QED) is 0.476. The van der Waals surface area contributed by atoms with Crippen LogP contribution in [0.3, 0.4) is 0 Å². The summed E-state index contributed by atoms with van der Waals surface area (Å²) in [5, 5.41) is 2.93. The summed E-state index contributed by atoms with van der Waals surface area (Å²) in [6.45, 7) is 2.73. The molecule has 2 aromatic carbocycles. The largest absolute Gasteiger partial charge is 0.466 e. The smallest absolute Gasteiger partial charge is 0.305 e. The third kappa shape index (κ3) is 6.64. The second-order valence-electron chi connectivity index (χ2n) is 5.98. The molecule has 0 fully saturated rings. The molecule has 5 heteroatoms. The summed E-state index contributed by atoms with van der Waals surface area (Å²) in [7, 11) is 0. The Morgan fingerprint density at radius 2 is 1.77 bits per heavy atom. The molecule has 26 heavy (non-hydrogen) atoms. The Morgan fingerprint density at radius 3 is 2.46 bits per heavy atom. The van der Waals surface area contributed by atoms with E-state index in [4.69, 9.17) is 4.74 Å². The number of benzene rings is 2. The highest BCUT2D eigenvalue weighted by atomic mass is 79.9. The van der Waals surface area contributed by atoms with Crippen LogP contribution in [-0.4, -0.2) is 18.5 Å². The predicted octanol–water partition coefficient (Wildman–Crippen LogP) is 4.66. The highest BCUT2D eigenvalue weighted by Crippen LogP contribution is 2.16. The Kier molecular flexibility index (Phi) is 8.35. The van der Waals surface area contributed by atoms with E-state index in [0.717, 1.165) is 34.9 Å². The van der Waals surface area contributed by atoms with E-state index in [2.05, 4.69) is 21.2 Å². The number of hydrogen-bond donors (Lipinski definition) is 1. The number of aryl methyl sites for hydroxylation is 1. The van der Waals surface area contributed by atoms with Gasteiger partial charge in [-0.25, -0.2) is 0 Å². The number of nitrogens with one attached hydrogen (secondary N) is 1. The lowest BCUT2D eigenvalue weighted by molar-refractivity contribution is -0.143. The molecule has 1 N–H and O–H groups in total. The molecule has 4 nitrogen and oxygen atoms in total. The molecule has 0 aliphatic heterocycles. The van der Waals surface area contributed by atoms with Crippen molar-refractivity contribution in [1.82, 2.24) is 5.32 Å². The normalized spacial score (nSPS) is 10.4. The van der Waals surface area contributed by atoms with Crippen LogP contribution in [0.5, 0.6) is 0 Å². The second kappa shape index (κ2) is 10.8. The van der Waals surface area contributed by atoms with Crippen molar-refractivity contribution in [2.75, 3.05) is 6.61 Å². The van der Waals surface area contributed by atoms with Crippen LogP contribution in [0.1, 0.15) is 47.7 Å². The number of rotatable bonds is 9. The first-order valence-corrected chi connectivity index (χ1v) is 9.65. The summed E-state index contributed by atoms with van der Waals surface area (Å²) in [5.41, 5.74) is 2.85. The highest BCUT2D eigenvalue weighted by Gasteiger charge is 2.07. The SMILES string of the molecule is CCOC(=O)CCCCc1ccc(C(=O)NCc2ccccc2Br)cc1. The Labute approximate surface area is 163 Å². The van der Waals surface area contributed by atoms with Crippen LogP contribution < -0.4 is 5.32 Å². The predicted molar refractivity (Wildman–Crippen MR) is 106 cm³/mol. The molecule has 0 aliphatic carbocycles. The van der Waals surface area contributed by atoms with Crippen LogP contribution in [0.4, 0.5) is 0 Å². The minimum absolute atomic E-state index is 0.0883. The average Bonchev–Trinajstić information content (AvgIpc) is 2.65. The Morgan fingerprint density at radius 1 is 1.04 bits per heavy atom. The fourth-order valence-corrected chi connectivity index (χ4v) is 3.00. The van der Waals surface area contributed by atoms with Crippen LogP contribution in [0.25, 0.3) is 0 Å². The molecular weight excluding hydrogens is 394 g/mol. The van der Waals surface area contributed by atoms with Gasteiger partial charge in [0.2, 0.25) is 0 Å². The van der Waals surface area contributed by atoms with E-state index in [1.54, 1.807) is 0 Å². The maximum Gasteiger partial charge on any atom is 0.305 e. The first-order chi connectivity index (χ1) is 12.6. The summed E-state index contributed by atoms with van der Waals surface area (Å²) < 4.78 is 5.90. The minimum atomic E-state index is -0.135. The molecule has 0 aromatic heterocycles. The zero-order valence-electron chi connectivity index (χ0n) is 15.0. The van der Waals surface area contributed by atoms with Gasteiger partial charge in [0.1, 0.15) is 0 Å². The molecule has 0 aliphatic rings. The summed E-state index contributed by atoms with van der Waals surface area (Å²) in [5.74, 6) is -0.223. The van der Waals surface area contributed by atoms with Crippen molar-refractivity contribution in [3.63, 3.8) is 0 Å². The maximum atomic E-state index is 12.3. The number of hydrogen-bond acceptors (Lipinski definition) is 3. The molecular formula is C21H24BrNO3. The highest BCUT2D eigenvalue weighted by molar-refractivity contribution is 9.10. The summed E-state index contributed by atoms with van der Waals surface area (Å²) in [6, 6.07) is 15.5. The van der Waals surface area contributed by atoms with Crippen molar-refractivity contribution >= 4 is 27.8 Å². The molecule has 0 saturated heterocycles. The van der Waals surface area contributed by atoms with Gasteiger partial charge in [-0.1, -0.05) is 46.3 Å². The molecule has 0 bridgehead atoms. The zero-order valence-corrected chi connectivity index (χ0v) is 16.6. The van der Waals surface area contributed by atoms with E-state index in [0.29, 0.717) is 25.1 Å². The van der Waals surface area contributed by atoms with Crippen LogP contribution in [0.2, 0.25) is 0 Å². The first kappa shape index (κ1) is 20.2. The topological polar surface area (TPSA) is 55.4 Å². The number of carbonyl (C=O) groups is 2. The maximum absolute atomic E-state index is 12.3. The molecule has 0 spiro atoms. The lowest BCUT2D eigenvalue weighted by Gasteiger charge is -2.08. The molecule has 0 atom stereocenters. The Balaban J connectivity index is 1.76. The zero-order chi connectivity index (χ0) is 18.8. The Bertz CT molecular complexity index is 728. The fourth-order valence-electron chi connectivity index (χ4n) is 2.57. The van der Waals surface area contributed by atoms with Crippen LogP contribution >= 0.6 is 15.9 Å². The van der Waals surface area contributed by atoms with Crippen molar-refractivity contribution in [2.45, 2.75) is 39.2 Å². The van der Waals surface area contributed by atoms with E-state index < -0.39 is 0 Å². The Hall–Kier alpha value is -2.14. The number of ether oxygens (including phenoxy) is 1. The van der Waals surface area contributed by atoms with Crippen molar-refractivity contribution in [2.24, 2.45) is 0 Å². The average molecular weight is 418 g/mol. The van der Waals surface area contributed by atoms with Gasteiger partial charge >= 0.3 is 5.97 Å². The lowest BCUT2D eigenvalue weighted by Crippen LogP contribution is -2.22. The number of amides is 1. The van der Waals surface area contributed by atoms with E-state index in [1.807, 2.05) is 55.5 Å². The number of unbranched alkanes of at least 4 members (excludes halogenated alkanes) is 1. The van der Waals surface area contributed by atoms with Crippen molar-refractivity contribution in [3.8, 4) is 0 Å². The van der Waals surface area contributed by atoms with E-state index in [-0.39, 0.29) is 11.9 Å². The van der Waals surface area contributed by atoms with Crippen LogP contribution in [-0.2, 0) is 22.5 Å². The number of halogens is 1. The minimum Gasteiger partial charge on any atom is -0.466 e. The molecule has 138 valence electrons. The standard InChI is InChI=1S/C21H24BrNO3/c1-2-26-20(24)10-6-3-7-16-11-13-17(14-12-16)21(25)23-15-18-8-4-5-9-19(18)22/h4-5,8-9,11-14H,2-3,6-7,10,15H2,1H3,(H,23,25). The lowest BCUT2D eigenvalue weighted by atomic mass is 10.0. The molecule has 2 aromatic rings. The van der Waals surface area contributed by atoms with Gasteiger partial charge in [-0.15, -0.1) is 0 Å². The summed E-state index contributed by atoms with van der Waals surface area (Å²) in [6.07, 6.45) is 3.08. The summed E-state index contributed by atoms with van der Waals surface area (Å²) in [4.78, 5) is 23.5. The van der Waals surface area contributed by atoms with Gasteiger partial charge in [0.25, 0.3) is 5.91 Å². The van der Waals surface area contributed by atoms with Gasteiger partial charge in [-0.3, -0.25) is 9.59 Å². The molecule has 2 rings (SSSR count). The van der Waals surface area contributed by atoms with Crippen molar-refractivity contribution in [3.05, 3.63) is 69.7 Å². The first-order valence-electron chi connectivity index (χ1n) is 8.86. The van der Waals surface area contributed by atoms with E-state index in [9.17, 15) is 9.59 Å². The molecule has 1 amide bonds. The second-order valence-corrected chi connectivity index (χ2v) is 6.84. The van der Waals surface area contributed by atoms with Gasteiger partial charge in [-0.05, 0) is 55.5 Å². The fraction of sp³-hybridized carbons (Fsp3) is 0.333. The molecule has 0 heterocycles. The van der Waals surface area contributed by atoms with Gasteiger partial charge < -0.3 is 10.1 Å². The van der Waals surface area contributed by atoms with E-state index >= 15 is 0 Å². The van der Waals surface area contributed by atoms with Gasteiger partial charge in [0.05, 0.1) is 6.61 Å². The third-order valence-corrected chi connectivity index (χ3v) is 4.79. The van der Waals surface area contributed by atoms with Crippen LogP contribution in [0.15, 0.2) is 53.0 Å². The van der Waals surface area contributed by atoms with Gasteiger partial charge in [0.15, 0.2) is 0 Å². The molecule has 0 radical (unpaired) electrons. The van der Waals surface area contributed by atoms with Crippen molar-refractivity contribution < 1.29 is 14.3 Å². The van der Waals surface area contributed by atoms with Gasteiger partial charge in [0, 0.05) is 23.0 Å². The van der Waals surface area contributed by atoms with Gasteiger partial charge in [-0.2, -0.15) is 0 Å². The van der Waals surface area contributed by atoms with Crippen LogP contribution in [0, 0.1) is 0 Å². The molecule has 0 unspecified atom stereocenters. The van der Waals surface area contributed by atoms with Crippen molar-refractivity contribution in [1.29, 1.82) is 0 Å². The number of carbonyl (C=O) groups excluding carboxylic acids is 2.